The van der Waals surface area contributed by atoms with Crippen LogP contribution < -0.4 is 5.73 Å². The van der Waals surface area contributed by atoms with Crippen LogP contribution in [0.15, 0.2) is 42.5 Å². The molecule has 2 nitrogen and oxygen atoms in total. The van der Waals surface area contributed by atoms with Crippen LogP contribution in [-0.2, 0) is 0 Å². The van der Waals surface area contributed by atoms with Crippen molar-refractivity contribution in [1.82, 2.24) is 0 Å². The highest BCUT2D eigenvalue weighted by Crippen LogP contribution is 2.18. The number of ketones is 1. The zero-order chi connectivity index (χ0) is 12.4. The average Bonchev–Trinajstić information content (AvgIpc) is 2.29. The van der Waals surface area contributed by atoms with Gasteiger partial charge >= 0.3 is 0 Å². The summed E-state index contributed by atoms with van der Waals surface area (Å²) in [4.78, 5) is 12.2. The van der Waals surface area contributed by atoms with Crippen molar-refractivity contribution < 1.29 is 4.79 Å². The number of nitrogen functional groups attached to an aromatic ring is 1. The van der Waals surface area contributed by atoms with E-state index in [0.717, 1.165) is 11.1 Å². The first kappa shape index (κ1) is 11.4. The number of carbonyl (C=O) groups excluding carboxylic acids is 1. The van der Waals surface area contributed by atoms with Crippen molar-refractivity contribution in [1.29, 1.82) is 0 Å². The molecule has 0 aliphatic carbocycles. The lowest BCUT2D eigenvalue weighted by Crippen LogP contribution is -2.05. The molecule has 0 spiro atoms. The van der Waals surface area contributed by atoms with Crippen LogP contribution in [0.2, 0.25) is 0 Å². The first-order valence-electron chi connectivity index (χ1n) is 5.55. The number of benzene rings is 2. The van der Waals surface area contributed by atoms with Crippen LogP contribution in [0.1, 0.15) is 27.0 Å². The van der Waals surface area contributed by atoms with Crippen LogP contribution in [0.25, 0.3) is 0 Å². The molecule has 0 amide bonds. The number of anilines is 1. The Morgan fingerprint density at radius 2 is 1.53 bits per heavy atom. The molecule has 0 fully saturated rings. The Kier molecular flexibility index (Phi) is 2.96. The zero-order valence-electron chi connectivity index (χ0n) is 10.0. The van der Waals surface area contributed by atoms with E-state index >= 15 is 0 Å². The van der Waals surface area contributed by atoms with Gasteiger partial charge in [-0.25, -0.2) is 0 Å². The summed E-state index contributed by atoms with van der Waals surface area (Å²) in [7, 11) is 0. The van der Waals surface area contributed by atoms with Gasteiger partial charge in [0.2, 0.25) is 0 Å². The summed E-state index contributed by atoms with van der Waals surface area (Å²) < 4.78 is 0. The lowest BCUT2D eigenvalue weighted by Gasteiger charge is -2.06. The molecule has 0 aliphatic rings. The molecule has 17 heavy (non-hydrogen) atoms. The van der Waals surface area contributed by atoms with E-state index in [1.165, 1.54) is 0 Å². The minimum Gasteiger partial charge on any atom is -0.398 e. The molecular formula is C15H15NO. The molecule has 0 radical (unpaired) electrons. The smallest absolute Gasteiger partial charge is 0.195 e. The number of hydrogen-bond acceptors (Lipinski definition) is 2. The van der Waals surface area contributed by atoms with Crippen LogP contribution in [-0.4, -0.2) is 5.78 Å². The fraction of sp³-hybridized carbons (Fsp3) is 0.133. The van der Waals surface area contributed by atoms with E-state index in [-0.39, 0.29) is 5.78 Å². The van der Waals surface area contributed by atoms with Crippen molar-refractivity contribution in [3.8, 4) is 0 Å². The van der Waals surface area contributed by atoms with Gasteiger partial charge in [-0.3, -0.25) is 4.79 Å². The van der Waals surface area contributed by atoms with E-state index in [9.17, 15) is 4.79 Å². The van der Waals surface area contributed by atoms with Crippen LogP contribution in [0.3, 0.4) is 0 Å². The molecule has 2 aromatic rings. The molecule has 2 rings (SSSR count). The summed E-state index contributed by atoms with van der Waals surface area (Å²) >= 11 is 0. The Morgan fingerprint density at radius 1 is 0.941 bits per heavy atom. The third kappa shape index (κ3) is 2.36. The summed E-state index contributed by atoms with van der Waals surface area (Å²) in [6, 6.07) is 13.0. The SMILES string of the molecule is Cc1ccc(C(=O)c2ccc(C)cc2N)cc1. The number of nitrogens with two attached hydrogens (primary N) is 1. The van der Waals surface area contributed by atoms with E-state index in [2.05, 4.69) is 0 Å². The second-order valence-electron chi connectivity index (χ2n) is 4.29. The predicted octanol–water partition coefficient (Wildman–Crippen LogP) is 3.12. The second kappa shape index (κ2) is 4.42. The molecule has 0 heterocycles. The molecule has 2 heteroatoms. The van der Waals surface area contributed by atoms with Gasteiger partial charge in [0, 0.05) is 16.8 Å². The molecule has 2 aromatic carbocycles. The van der Waals surface area contributed by atoms with Gasteiger partial charge in [-0.15, -0.1) is 0 Å². The van der Waals surface area contributed by atoms with Crippen molar-refractivity contribution in [3.63, 3.8) is 0 Å². The van der Waals surface area contributed by atoms with E-state index in [0.29, 0.717) is 16.8 Å². The molecule has 0 aromatic heterocycles. The molecule has 0 aliphatic heterocycles. The summed E-state index contributed by atoms with van der Waals surface area (Å²) in [5.74, 6) is -0.0255. The van der Waals surface area contributed by atoms with E-state index in [4.69, 9.17) is 5.73 Å². The maximum Gasteiger partial charge on any atom is 0.195 e. The molecular weight excluding hydrogens is 210 g/mol. The maximum atomic E-state index is 12.2. The van der Waals surface area contributed by atoms with Gasteiger partial charge in [-0.05, 0) is 31.5 Å². The van der Waals surface area contributed by atoms with Crippen molar-refractivity contribution in [3.05, 3.63) is 64.7 Å². The molecule has 0 unspecified atom stereocenters. The fourth-order valence-electron chi connectivity index (χ4n) is 1.75. The highest BCUT2D eigenvalue weighted by Gasteiger charge is 2.11. The van der Waals surface area contributed by atoms with Gasteiger partial charge in [0.25, 0.3) is 0 Å². The first-order chi connectivity index (χ1) is 8.08. The average molecular weight is 225 g/mol. The van der Waals surface area contributed by atoms with Crippen molar-refractivity contribution >= 4 is 11.5 Å². The summed E-state index contributed by atoms with van der Waals surface area (Å²) in [6.07, 6.45) is 0. The molecule has 0 saturated carbocycles. The van der Waals surface area contributed by atoms with E-state index < -0.39 is 0 Å². The van der Waals surface area contributed by atoms with Crippen molar-refractivity contribution in [2.45, 2.75) is 13.8 Å². The van der Waals surface area contributed by atoms with E-state index in [1.807, 2.05) is 50.2 Å². The lowest BCUT2D eigenvalue weighted by atomic mass is 10.00. The Hall–Kier alpha value is -2.09. The Bertz CT molecular complexity index is 556. The van der Waals surface area contributed by atoms with Crippen LogP contribution in [0.5, 0.6) is 0 Å². The predicted molar refractivity (Wildman–Crippen MR) is 70.2 cm³/mol. The van der Waals surface area contributed by atoms with Gasteiger partial charge in [0.15, 0.2) is 5.78 Å². The first-order valence-corrected chi connectivity index (χ1v) is 5.55. The van der Waals surface area contributed by atoms with Gasteiger partial charge in [-0.1, -0.05) is 35.9 Å². The monoisotopic (exact) mass is 225 g/mol. The number of carbonyl (C=O) groups is 1. The standard InChI is InChI=1S/C15H15NO/c1-10-3-6-12(7-4-10)15(17)13-8-5-11(2)9-14(13)16/h3-9H,16H2,1-2H3. The normalized spacial score (nSPS) is 10.2. The summed E-state index contributed by atoms with van der Waals surface area (Å²) in [6.45, 7) is 3.95. The minimum absolute atomic E-state index is 0.0255. The third-order valence-electron chi connectivity index (χ3n) is 2.77. The van der Waals surface area contributed by atoms with Crippen LogP contribution in [0.4, 0.5) is 5.69 Å². The van der Waals surface area contributed by atoms with Crippen molar-refractivity contribution in [2.75, 3.05) is 5.73 Å². The molecule has 0 saturated heterocycles. The van der Waals surface area contributed by atoms with Crippen LogP contribution in [0, 0.1) is 13.8 Å². The van der Waals surface area contributed by atoms with Gasteiger partial charge in [-0.2, -0.15) is 0 Å². The van der Waals surface area contributed by atoms with Crippen molar-refractivity contribution in [2.24, 2.45) is 0 Å². The third-order valence-corrected chi connectivity index (χ3v) is 2.77. The highest BCUT2D eigenvalue weighted by molar-refractivity contribution is 6.12. The van der Waals surface area contributed by atoms with Gasteiger partial charge < -0.3 is 5.73 Å². The Labute approximate surface area is 101 Å². The number of hydrogen-bond donors (Lipinski definition) is 1. The topological polar surface area (TPSA) is 43.1 Å². The minimum atomic E-state index is -0.0255. The quantitative estimate of drug-likeness (QED) is 0.630. The number of rotatable bonds is 2. The largest absolute Gasteiger partial charge is 0.398 e. The summed E-state index contributed by atoms with van der Waals surface area (Å²) in [5.41, 5.74) is 9.84. The van der Waals surface area contributed by atoms with E-state index in [1.54, 1.807) is 6.07 Å². The maximum absolute atomic E-state index is 12.2. The number of aryl methyl sites for hydroxylation is 2. The Balaban J connectivity index is 2.40. The zero-order valence-corrected chi connectivity index (χ0v) is 10.0. The lowest BCUT2D eigenvalue weighted by molar-refractivity contribution is 0.103. The highest BCUT2D eigenvalue weighted by atomic mass is 16.1. The Morgan fingerprint density at radius 3 is 2.12 bits per heavy atom. The fourth-order valence-corrected chi connectivity index (χ4v) is 1.75. The second-order valence-corrected chi connectivity index (χ2v) is 4.29. The van der Waals surface area contributed by atoms with Gasteiger partial charge in [0.1, 0.15) is 0 Å². The summed E-state index contributed by atoms with van der Waals surface area (Å²) in [5, 5.41) is 0. The van der Waals surface area contributed by atoms with Gasteiger partial charge in [0.05, 0.1) is 0 Å². The van der Waals surface area contributed by atoms with Crippen LogP contribution >= 0.6 is 0 Å². The molecule has 86 valence electrons. The molecule has 0 atom stereocenters. The molecule has 2 N–H and O–H groups in total. The molecule has 0 bridgehead atoms.